The predicted molar refractivity (Wildman–Crippen MR) is 75.1 cm³/mol. The molecule has 0 unspecified atom stereocenters. The molecule has 1 fully saturated rings. The van der Waals surface area contributed by atoms with Crippen LogP contribution in [-0.2, 0) is 22.7 Å². The molecule has 1 saturated heterocycles. The van der Waals surface area contributed by atoms with E-state index in [0.717, 1.165) is 0 Å². The van der Waals surface area contributed by atoms with E-state index >= 15 is 0 Å². The van der Waals surface area contributed by atoms with Crippen molar-refractivity contribution in [2.75, 3.05) is 6.61 Å². The third kappa shape index (κ3) is 3.61. The van der Waals surface area contributed by atoms with Gasteiger partial charge >= 0.3 is 0 Å². The lowest BCUT2D eigenvalue weighted by Gasteiger charge is -2.39. The van der Waals surface area contributed by atoms with Gasteiger partial charge < -0.3 is 40.1 Å². The fraction of sp³-hybridized carbons (Fsp3) is 0.643. The minimum atomic E-state index is -1.53. The number of aryl methyl sites for hydroxylation is 1. The second-order valence-electron chi connectivity index (χ2n) is 5.36. The van der Waals surface area contributed by atoms with Gasteiger partial charge in [0.2, 0.25) is 0 Å². The van der Waals surface area contributed by atoms with Crippen molar-refractivity contribution in [3.8, 4) is 5.75 Å². The summed E-state index contributed by atoms with van der Waals surface area (Å²) in [5.41, 5.74) is 0.972. The van der Waals surface area contributed by atoms with Crippen LogP contribution in [0.5, 0.6) is 5.75 Å². The molecule has 1 aliphatic heterocycles. The highest BCUT2D eigenvalue weighted by molar-refractivity contribution is 5.39. The van der Waals surface area contributed by atoms with Crippen molar-refractivity contribution >= 4 is 0 Å². The maximum absolute atomic E-state index is 9.87. The van der Waals surface area contributed by atoms with Crippen LogP contribution in [0, 0.1) is 6.92 Å². The molecule has 0 aromatic carbocycles. The number of aromatic hydroxyl groups is 1. The van der Waals surface area contributed by atoms with Crippen LogP contribution < -0.4 is 0 Å². The molecule has 2 heterocycles. The normalized spacial score (nSPS) is 31.3. The minimum absolute atomic E-state index is 0.151. The highest BCUT2D eigenvalue weighted by Crippen LogP contribution is 2.26. The number of ether oxygens (including phenoxy) is 2. The Balaban J connectivity index is 2.10. The van der Waals surface area contributed by atoms with E-state index in [0.29, 0.717) is 11.3 Å². The van der Waals surface area contributed by atoms with E-state index in [2.05, 4.69) is 4.98 Å². The van der Waals surface area contributed by atoms with Crippen molar-refractivity contribution in [1.29, 1.82) is 0 Å². The molecule has 1 aliphatic rings. The van der Waals surface area contributed by atoms with E-state index in [-0.39, 0.29) is 17.9 Å². The SMILES string of the molecule is Cc1ncc(CO[C@@H]2O[C@H](CO)[C@H](O)[C@H](O)[C@H]2O)c(CO)c1O. The van der Waals surface area contributed by atoms with Crippen LogP contribution in [0.4, 0.5) is 0 Å². The van der Waals surface area contributed by atoms with Crippen LogP contribution in [0.15, 0.2) is 6.20 Å². The van der Waals surface area contributed by atoms with E-state index in [1.54, 1.807) is 6.92 Å². The Morgan fingerprint density at radius 2 is 1.87 bits per heavy atom. The quantitative estimate of drug-likeness (QED) is 0.356. The first-order chi connectivity index (χ1) is 10.9. The molecule has 0 bridgehead atoms. The zero-order valence-electron chi connectivity index (χ0n) is 12.5. The van der Waals surface area contributed by atoms with Gasteiger partial charge in [-0.2, -0.15) is 0 Å². The molecule has 9 nitrogen and oxygen atoms in total. The average Bonchev–Trinajstić information content (AvgIpc) is 2.55. The summed E-state index contributed by atoms with van der Waals surface area (Å²) in [6.07, 6.45) is -5.47. The van der Waals surface area contributed by atoms with E-state index in [4.69, 9.17) is 14.6 Å². The fourth-order valence-electron chi connectivity index (χ4n) is 2.36. The molecule has 0 saturated carbocycles. The topological polar surface area (TPSA) is 153 Å². The van der Waals surface area contributed by atoms with Crippen molar-refractivity contribution < 1.29 is 40.1 Å². The number of nitrogens with zero attached hydrogens (tertiary/aromatic N) is 1. The lowest BCUT2D eigenvalue weighted by atomic mass is 9.99. The monoisotopic (exact) mass is 331 g/mol. The maximum Gasteiger partial charge on any atom is 0.187 e. The molecule has 0 spiro atoms. The third-order valence-corrected chi connectivity index (χ3v) is 3.84. The molecule has 0 amide bonds. The van der Waals surface area contributed by atoms with Crippen LogP contribution in [-0.4, -0.2) is 72.9 Å². The molecule has 1 aromatic rings. The van der Waals surface area contributed by atoms with Crippen LogP contribution in [0.2, 0.25) is 0 Å². The molecule has 130 valence electrons. The Labute approximate surface area is 132 Å². The average molecular weight is 331 g/mol. The highest BCUT2D eigenvalue weighted by Gasteiger charge is 2.44. The van der Waals surface area contributed by atoms with Gasteiger partial charge in [0, 0.05) is 17.3 Å². The standard InChI is InChI=1S/C14H21NO8/c1-6-10(18)8(3-16)7(2-15-6)5-22-14-13(21)12(20)11(19)9(4-17)23-14/h2,9,11-14,16-21H,3-5H2,1H3/t9-,11+,12+,13-,14-/m1/s1. The highest BCUT2D eigenvalue weighted by atomic mass is 16.7. The number of pyridine rings is 1. The largest absolute Gasteiger partial charge is 0.506 e. The Kier molecular flexibility index (Phi) is 5.87. The predicted octanol–water partition coefficient (Wildman–Crippen LogP) is -2.10. The lowest BCUT2D eigenvalue weighted by Crippen LogP contribution is -2.59. The molecule has 0 radical (unpaired) electrons. The van der Waals surface area contributed by atoms with Gasteiger partial charge in [-0.15, -0.1) is 0 Å². The van der Waals surface area contributed by atoms with E-state index in [1.165, 1.54) is 6.20 Å². The van der Waals surface area contributed by atoms with Crippen molar-refractivity contribution in [1.82, 2.24) is 4.98 Å². The van der Waals surface area contributed by atoms with Gasteiger partial charge in [0.1, 0.15) is 30.2 Å². The van der Waals surface area contributed by atoms with Crippen molar-refractivity contribution in [3.63, 3.8) is 0 Å². The van der Waals surface area contributed by atoms with Gasteiger partial charge in [-0.25, -0.2) is 0 Å². The zero-order valence-corrected chi connectivity index (χ0v) is 12.5. The number of aliphatic hydroxyl groups is 5. The number of aliphatic hydroxyl groups excluding tert-OH is 5. The summed E-state index contributed by atoms with van der Waals surface area (Å²) in [4.78, 5) is 3.95. The summed E-state index contributed by atoms with van der Waals surface area (Å²) in [5.74, 6) is -0.151. The van der Waals surface area contributed by atoms with Gasteiger partial charge in [-0.3, -0.25) is 4.98 Å². The smallest absolute Gasteiger partial charge is 0.187 e. The van der Waals surface area contributed by atoms with Gasteiger partial charge in [-0.05, 0) is 6.92 Å². The molecule has 9 heteroatoms. The molecule has 1 aromatic heterocycles. The molecule has 0 aliphatic carbocycles. The first-order valence-corrected chi connectivity index (χ1v) is 7.10. The van der Waals surface area contributed by atoms with Gasteiger partial charge in [-0.1, -0.05) is 0 Å². The molecule has 6 N–H and O–H groups in total. The van der Waals surface area contributed by atoms with Gasteiger partial charge in [0.25, 0.3) is 0 Å². The Morgan fingerprint density at radius 3 is 2.48 bits per heavy atom. The summed E-state index contributed by atoms with van der Waals surface area (Å²) in [5, 5.41) is 57.5. The third-order valence-electron chi connectivity index (χ3n) is 3.84. The number of aromatic nitrogens is 1. The van der Waals surface area contributed by atoms with Crippen molar-refractivity contribution in [2.45, 2.75) is 50.8 Å². The van der Waals surface area contributed by atoms with E-state index in [9.17, 15) is 25.5 Å². The molecular formula is C14H21NO8. The Morgan fingerprint density at radius 1 is 1.17 bits per heavy atom. The van der Waals surface area contributed by atoms with E-state index in [1.807, 2.05) is 0 Å². The first kappa shape index (κ1) is 18.0. The van der Waals surface area contributed by atoms with Crippen LogP contribution in [0.25, 0.3) is 0 Å². The summed E-state index contributed by atoms with van der Waals surface area (Å²) >= 11 is 0. The molecule has 23 heavy (non-hydrogen) atoms. The second-order valence-corrected chi connectivity index (χ2v) is 5.36. The minimum Gasteiger partial charge on any atom is -0.506 e. The van der Waals surface area contributed by atoms with Gasteiger partial charge in [0.05, 0.1) is 25.5 Å². The lowest BCUT2D eigenvalue weighted by molar-refractivity contribution is -0.304. The molecular weight excluding hydrogens is 310 g/mol. The summed E-state index contributed by atoms with van der Waals surface area (Å²) in [6, 6.07) is 0. The maximum atomic E-state index is 9.87. The molecule has 2 rings (SSSR count). The Hall–Kier alpha value is -1.33. The fourth-order valence-corrected chi connectivity index (χ4v) is 2.36. The summed E-state index contributed by atoms with van der Waals surface area (Å²) in [6.45, 7) is 0.429. The summed E-state index contributed by atoms with van der Waals surface area (Å²) < 4.78 is 10.6. The van der Waals surface area contributed by atoms with Gasteiger partial charge in [0.15, 0.2) is 6.29 Å². The van der Waals surface area contributed by atoms with Crippen molar-refractivity contribution in [2.24, 2.45) is 0 Å². The van der Waals surface area contributed by atoms with Crippen LogP contribution in [0.1, 0.15) is 16.8 Å². The van der Waals surface area contributed by atoms with E-state index < -0.39 is 43.9 Å². The van der Waals surface area contributed by atoms with Crippen LogP contribution >= 0.6 is 0 Å². The molecule has 5 atom stereocenters. The second kappa shape index (κ2) is 7.49. The van der Waals surface area contributed by atoms with Crippen LogP contribution in [0.3, 0.4) is 0 Å². The number of hydrogen-bond donors (Lipinski definition) is 6. The number of hydrogen-bond acceptors (Lipinski definition) is 9. The first-order valence-electron chi connectivity index (χ1n) is 7.10. The summed E-state index contributed by atoms with van der Waals surface area (Å²) in [7, 11) is 0. The number of rotatable bonds is 5. The Bertz CT molecular complexity index is 538. The van der Waals surface area contributed by atoms with Crippen molar-refractivity contribution in [3.05, 3.63) is 23.0 Å². The zero-order chi connectivity index (χ0) is 17.1.